The average molecular weight is 275 g/mol. The van der Waals surface area contributed by atoms with Crippen LogP contribution in [0.15, 0.2) is 30.3 Å². The fraction of sp³-hybridized carbons (Fsp3) is 0.375. The normalized spacial score (nSPS) is 11.0. The van der Waals surface area contributed by atoms with Gasteiger partial charge in [-0.15, -0.1) is 0 Å². The topological polar surface area (TPSA) is 57.6 Å². The van der Waals surface area contributed by atoms with Crippen molar-refractivity contribution in [2.75, 3.05) is 13.6 Å². The lowest BCUT2D eigenvalue weighted by molar-refractivity contribution is -0.131. The van der Waals surface area contributed by atoms with Crippen LogP contribution in [0.2, 0.25) is 0 Å². The summed E-state index contributed by atoms with van der Waals surface area (Å²) in [6.07, 6.45) is 3.50. The van der Waals surface area contributed by atoms with Crippen molar-refractivity contribution < 1.29 is 14.7 Å². The van der Waals surface area contributed by atoms with Gasteiger partial charge < -0.3 is 10.0 Å². The van der Waals surface area contributed by atoms with E-state index in [2.05, 4.69) is 13.8 Å². The Bertz CT molecular complexity index is 506. The molecule has 0 heterocycles. The van der Waals surface area contributed by atoms with Crippen LogP contribution >= 0.6 is 0 Å². The number of benzene rings is 1. The van der Waals surface area contributed by atoms with Gasteiger partial charge in [-0.3, -0.25) is 4.79 Å². The van der Waals surface area contributed by atoms with E-state index in [0.29, 0.717) is 23.6 Å². The zero-order chi connectivity index (χ0) is 15.1. The Morgan fingerprint density at radius 3 is 2.65 bits per heavy atom. The highest BCUT2D eigenvalue weighted by molar-refractivity contribution is 5.95. The summed E-state index contributed by atoms with van der Waals surface area (Å²) in [6, 6.07) is 6.97. The quantitative estimate of drug-likeness (QED) is 0.812. The molecule has 1 aromatic carbocycles. The summed E-state index contributed by atoms with van der Waals surface area (Å²) in [6.45, 7) is 4.96. The Labute approximate surface area is 119 Å². The molecule has 0 aliphatic rings. The lowest BCUT2D eigenvalue weighted by atomic mass is 10.1. The molecule has 0 unspecified atom stereocenters. The highest BCUT2D eigenvalue weighted by Gasteiger charge is 2.11. The monoisotopic (exact) mass is 275 g/mol. The van der Waals surface area contributed by atoms with E-state index in [-0.39, 0.29) is 5.91 Å². The lowest BCUT2D eigenvalue weighted by Crippen LogP contribution is -2.28. The van der Waals surface area contributed by atoms with Gasteiger partial charge in [0.05, 0.1) is 0 Å². The number of carboxylic acids is 1. The zero-order valence-corrected chi connectivity index (χ0v) is 12.2. The minimum Gasteiger partial charge on any atom is -0.478 e. The third kappa shape index (κ3) is 5.26. The SMILES string of the molecule is CC(C)CCN(C)C(=O)c1cccc(C=CC(=O)O)c1. The maximum Gasteiger partial charge on any atom is 0.328 e. The number of amides is 1. The molecule has 0 fully saturated rings. The fourth-order valence-corrected chi connectivity index (χ4v) is 1.72. The zero-order valence-electron chi connectivity index (χ0n) is 12.2. The van der Waals surface area contributed by atoms with Crippen molar-refractivity contribution in [3.8, 4) is 0 Å². The Morgan fingerprint density at radius 2 is 2.05 bits per heavy atom. The van der Waals surface area contributed by atoms with Gasteiger partial charge >= 0.3 is 5.97 Å². The summed E-state index contributed by atoms with van der Waals surface area (Å²) in [5.41, 5.74) is 1.28. The molecule has 20 heavy (non-hydrogen) atoms. The summed E-state index contributed by atoms with van der Waals surface area (Å²) in [4.78, 5) is 24.4. The van der Waals surface area contributed by atoms with Gasteiger partial charge in [0.15, 0.2) is 0 Å². The number of carbonyl (C=O) groups excluding carboxylic acids is 1. The molecule has 0 saturated carbocycles. The van der Waals surface area contributed by atoms with E-state index in [1.807, 2.05) is 0 Å². The van der Waals surface area contributed by atoms with E-state index < -0.39 is 5.97 Å². The maximum absolute atomic E-state index is 12.2. The number of nitrogens with zero attached hydrogens (tertiary/aromatic N) is 1. The van der Waals surface area contributed by atoms with E-state index in [4.69, 9.17) is 5.11 Å². The van der Waals surface area contributed by atoms with Crippen LogP contribution in [0.25, 0.3) is 6.08 Å². The van der Waals surface area contributed by atoms with Gasteiger partial charge in [0.1, 0.15) is 0 Å². The fourth-order valence-electron chi connectivity index (χ4n) is 1.72. The van der Waals surface area contributed by atoms with Crippen molar-refractivity contribution in [3.63, 3.8) is 0 Å². The van der Waals surface area contributed by atoms with Crippen LogP contribution in [0.1, 0.15) is 36.2 Å². The number of rotatable bonds is 6. The Hall–Kier alpha value is -2.10. The van der Waals surface area contributed by atoms with E-state index in [9.17, 15) is 9.59 Å². The molecule has 0 aliphatic carbocycles. The Kier molecular flexibility index (Phi) is 5.97. The molecule has 0 bridgehead atoms. The minimum atomic E-state index is -1.00. The van der Waals surface area contributed by atoms with E-state index >= 15 is 0 Å². The number of carbonyl (C=O) groups is 2. The van der Waals surface area contributed by atoms with Gasteiger partial charge in [-0.05, 0) is 36.1 Å². The molecule has 0 saturated heterocycles. The van der Waals surface area contributed by atoms with E-state index in [0.717, 1.165) is 12.5 Å². The van der Waals surface area contributed by atoms with Gasteiger partial charge in [0.25, 0.3) is 5.91 Å². The molecule has 0 radical (unpaired) electrons. The van der Waals surface area contributed by atoms with Crippen LogP contribution in [0, 0.1) is 5.92 Å². The molecular weight excluding hydrogens is 254 g/mol. The number of carboxylic acid groups (broad SMARTS) is 1. The second-order valence-corrected chi connectivity index (χ2v) is 5.21. The molecular formula is C16H21NO3. The molecule has 0 atom stereocenters. The molecule has 1 aromatic rings. The van der Waals surface area contributed by atoms with Crippen molar-refractivity contribution in [2.24, 2.45) is 5.92 Å². The van der Waals surface area contributed by atoms with Crippen LogP contribution in [-0.2, 0) is 4.79 Å². The first kappa shape index (κ1) is 16.0. The first-order valence-electron chi connectivity index (χ1n) is 6.66. The average Bonchev–Trinajstić information content (AvgIpc) is 2.42. The molecule has 4 nitrogen and oxygen atoms in total. The largest absolute Gasteiger partial charge is 0.478 e. The number of aliphatic carboxylic acids is 1. The number of hydrogen-bond donors (Lipinski definition) is 1. The second-order valence-electron chi connectivity index (χ2n) is 5.21. The molecule has 1 rings (SSSR count). The van der Waals surface area contributed by atoms with Crippen LogP contribution < -0.4 is 0 Å². The van der Waals surface area contributed by atoms with Crippen molar-refractivity contribution >= 4 is 18.0 Å². The highest BCUT2D eigenvalue weighted by atomic mass is 16.4. The third-order valence-electron chi connectivity index (χ3n) is 2.94. The molecule has 4 heteroatoms. The molecule has 0 spiro atoms. The summed E-state index contributed by atoms with van der Waals surface area (Å²) in [7, 11) is 1.78. The Morgan fingerprint density at radius 1 is 1.35 bits per heavy atom. The summed E-state index contributed by atoms with van der Waals surface area (Å²) < 4.78 is 0. The summed E-state index contributed by atoms with van der Waals surface area (Å²) in [5.74, 6) is -0.498. The Balaban J connectivity index is 2.78. The molecule has 0 aliphatic heterocycles. The van der Waals surface area contributed by atoms with Gasteiger partial charge in [-0.1, -0.05) is 26.0 Å². The smallest absolute Gasteiger partial charge is 0.328 e. The van der Waals surface area contributed by atoms with Gasteiger partial charge in [-0.25, -0.2) is 4.79 Å². The van der Waals surface area contributed by atoms with Crippen molar-refractivity contribution in [1.29, 1.82) is 0 Å². The van der Waals surface area contributed by atoms with Crippen molar-refractivity contribution in [3.05, 3.63) is 41.5 Å². The van der Waals surface area contributed by atoms with Gasteiger partial charge in [0, 0.05) is 25.2 Å². The second kappa shape index (κ2) is 7.48. The van der Waals surface area contributed by atoms with E-state index in [1.165, 1.54) is 6.08 Å². The first-order chi connectivity index (χ1) is 9.40. The van der Waals surface area contributed by atoms with Crippen molar-refractivity contribution in [2.45, 2.75) is 20.3 Å². The van der Waals surface area contributed by atoms with E-state index in [1.54, 1.807) is 36.2 Å². The van der Waals surface area contributed by atoms with Crippen LogP contribution in [0.5, 0.6) is 0 Å². The predicted octanol–water partition coefficient (Wildman–Crippen LogP) is 2.90. The van der Waals surface area contributed by atoms with Crippen LogP contribution in [0.3, 0.4) is 0 Å². The summed E-state index contributed by atoms with van der Waals surface area (Å²) in [5, 5.41) is 8.60. The highest BCUT2D eigenvalue weighted by Crippen LogP contribution is 2.10. The van der Waals surface area contributed by atoms with Gasteiger partial charge in [-0.2, -0.15) is 0 Å². The molecule has 108 valence electrons. The predicted molar refractivity (Wildman–Crippen MR) is 79.5 cm³/mol. The van der Waals surface area contributed by atoms with Crippen LogP contribution in [-0.4, -0.2) is 35.5 Å². The van der Waals surface area contributed by atoms with Gasteiger partial charge in [0.2, 0.25) is 0 Å². The summed E-state index contributed by atoms with van der Waals surface area (Å²) >= 11 is 0. The van der Waals surface area contributed by atoms with Crippen LogP contribution in [0.4, 0.5) is 0 Å². The molecule has 0 aromatic heterocycles. The standard InChI is InChI=1S/C16H21NO3/c1-12(2)9-10-17(3)16(20)14-6-4-5-13(11-14)7-8-15(18)19/h4-8,11-12H,9-10H2,1-3H3,(H,18,19). The first-order valence-corrected chi connectivity index (χ1v) is 6.66. The molecule has 1 N–H and O–H groups in total. The maximum atomic E-state index is 12.2. The lowest BCUT2D eigenvalue weighted by Gasteiger charge is -2.18. The third-order valence-corrected chi connectivity index (χ3v) is 2.94. The van der Waals surface area contributed by atoms with Crippen molar-refractivity contribution in [1.82, 2.24) is 4.90 Å². The minimum absolute atomic E-state index is 0.0452. The number of hydrogen-bond acceptors (Lipinski definition) is 2. The molecule has 1 amide bonds.